The topological polar surface area (TPSA) is 103 Å². The monoisotopic (exact) mass is 428 g/mol. The van der Waals surface area contributed by atoms with E-state index in [0.717, 1.165) is 16.9 Å². The number of hydrogen-bond donors (Lipinski definition) is 2. The van der Waals surface area contributed by atoms with Crippen molar-refractivity contribution in [1.82, 2.24) is 20.0 Å². The summed E-state index contributed by atoms with van der Waals surface area (Å²) in [5.74, 6) is -1.30. The van der Waals surface area contributed by atoms with Crippen molar-refractivity contribution < 1.29 is 4.74 Å². The van der Waals surface area contributed by atoms with Crippen LogP contribution in [-0.4, -0.2) is 25.9 Å². The Labute approximate surface area is 183 Å². The Balaban J connectivity index is 1.75. The number of para-hydroxylation sites is 1. The lowest BCUT2D eigenvalue weighted by Crippen LogP contribution is -2.31. The zero-order valence-electron chi connectivity index (χ0n) is 16.5. The lowest BCUT2D eigenvalue weighted by atomic mass is 9.79. The summed E-state index contributed by atoms with van der Waals surface area (Å²) in [6.45, 7) is 1.86. The van der Waals surface area contributed by atoms with Crippen LogP contribution in [0, 0.1) is 29.6 Å². The fourth-order valence-corrected chi connectivity index (χ4v) is 4.45. The molecular formula is C23H17ClN6O. The van der Waals surface area contributed by atoms with Gasteiger partial charge in [-0.25, -0.2) is 4.68 Å². The minimum absolute atomic E-state index is 0.158. The van der Waals surface area contributed by atoms with Crippen LogP contribution >= 0.6 is 11.6 Å². The van der Waals surface area contributed by atoms with Gasteiger partial charge in [-0.05, 0) is 24.6 Å². The number of nitriles is 1. The highest BCUT2D eigenvalue weighted by atomic mass is 35.5. The van der Waals surface area contributed by atoms with Crippen LogP contribution in [0.4, 0.5) is 0 Å². The third-order valence-electron chi connectivity index (χ3n) is 5.46. The predicted octanol–water partition coefficient (Wildman–Crippen LogP) is 4.87. The number of aromatic amines is 1. The first kappa shape index (κ1) is 19.1. The average Bonchev–Trinajstić information content (AvgIpc) is 3.34. The molecule has 0 fully saturated rings. The van der Waals surface area contributed by atoms with E-state index in [2.05, 4.69) is 21.4 Å². The van der Waals surface area contributed by atoms with Gasteiger partial charge in [0.1, 0.15) is 11.1 Å². The number of nitrogens with zero attached hydrogens (tertiary/aromatic N) is 4. The molecule has 0 radical (unpaired) electrons. The summed E-state index contributed by atoms with van der Waals surface area (Å²) in [5, 5.41) is 30.6. The molecule has 0 saturated carbocycles. The Kier molecular flexibility index (Phi) is 4.57. The van der Waals surface area contributed by atoms with Crippen LogP contribution in [-0.2, 0) is 0 Å². The van der Waals surface area contributed by atoms with Gasteiger partial charge >= 0.3 is 0 Å². The molecule has 5 rings (SSSR count). The largest absolute Gasteiger partial charge is 0.422 e. The number of hydrogen-bond acceptors (Lipinski definition) is 5. The van der Waals surface area contributed by atoms with Gasteiger partial charge in [0.05, 0.1) is 28.7 Å². The van der Waals surface area contributed by atoms with Crippen LogP contribution in [0.5, 0.6) is 5.88 Å². The molecule has 4 aromatic rings. The zero-order chi connectivity index (χ0) is 21.5. The van der Waals surface area contributed by atoms with Crippen LogP contribution in [0.25, 0.3) is 16.9 Å². The fraction of sp³-hybridized carbons (Fsp3) is 0.130. The van der Waals surface area contributed by atoms with Gasteiger partial charge in [-0.1, -0.05) is 60.1 Å². The average molecular weight is 429 g/mol. The highest BCUT2D eigenvalue weighted by Gasteiger charge is 2.43. The first-order valence-electron chi connectivity index (χ1n) is 9.70. The first-order chi connectivity index (χ1) is 15.1. The summed E-state index contributed by atoms with van der Waals surface area (Å²) in [5.41, 5.74) is 4.51. The second kappa shape index (κ2) is 7.42. The second-order valence-electron chi connectivity index (χ2n) is 7.27. The van der Waals surface area contributed by atoms with Gasteiger partial charge in [-0.15, -0.1) is 5.10 Å². The molecule has 2 N–H and O–H groups in total. The number of nitrogens with one attached hydrogen (secondary N) is 2. The molecule has 0 saturated heterocycles. The van der Waals surface area contributed by atoms with Crippen molar-refractivity contribution in [1.29, 1.82) is 10.7 Å². The lowest BCUT2D eigenvalue weighted by molar-refractivity contribution is 0.437. The normalized spacial score (nSPS) is 17.6. The molecule has 152 valence electrons. The summed E-state index contributed by atoms with van der Waals surface area (Å²) in [4.78, 5) is 0. The molecule has 31 heavy (non-hydrogen) atoms. The Hall–Kier alpha value is -3.89. The Morgan fingerprint density at radius 3 is 2.45 bits per heavy atom. The minimum Gasteiger partial charge on any atom is -0.422 e. The van der Waals surface area contributed by atoms with E-state index in [-0.39, 0.29) is 11.8 Å². The number of benzene rings is 2. The van der Waals surface area contributed by atoms with E-state index in [1.807, 2.05) is 67.6 Å². The molecule has 1 aliphatic rings. The van der Waals surface area contributed by atoms with Gasteiger partial charge in [0.25, 0.3) is 0 Å². The summed E-state index contributed by atoms with van der Waals surface area (Å²) >= 11 is 6.85. The number of ether oxygens (including phenoxy) is 1. The third-order valence-corrected chi connectivity index (χ3v) is 5.83. The number of fused-ring (bicyclic) bond motifs is 1. The van der Waals surface area contributed by atoms with E-state index >= 15 is 0 Å². The first-order valence-corrected chi connectivity index (χ1v) is 10.1. The van der Waals surface area contributed by atoms with Crippen molar-refractivity contribution in [3.8, 4) is 28.9 Å². The summed E-state index contributed by atoms with van der Waals surface area (Å²) in [6, 6.07) is 21.5. The van der Waals surface area contributed by atoms with E-state index in [9.17, 15) is 5.26 Å². The van der Waals surface area contributed by atoms with Crippen molar-refractivity contribution >= 4 is 17.5 Å². The SMILES string of the molecule is Cc1nn(-c2ccccc2)c(Cl)c1C1c2c(n[nH]c2-c2ccccc2)OC(=N)C1C#N. The Morgan fingerprint density at radius 1 is 1.10 bits per heavy atom. The van der Waals surface area contributed by atoms with Crippen molar-refractivity contribution in [2.45, 2.75) is 12.8 Å². The molecule has 0 bridgehead atoms. The Morgan fingerprint density at radius 2 is 1.77 bits per heavy atom. The van der Waals surface area contributed by atoms with E-state index < -0.39 is 11.8 Å². The Bertz CT molecular complexity index is 1320. The standard InChI is InChI=1S/C23H17ClN6O/c1-13-17(21(24)30(29-13)15-10-6-3-7-11-15)18-16(12-25)22(26)31-23-19(18)20(27-28-23)14-8-4-2-5-9-14/h2-11,16,18,26H,1H3,(H,27,28). The molecule has 1 aliphatic heterocycles. The maximum Gasteiger partial charge on any atom is 0.244 e. The molecule has 8 heteroatoms. The van der Waals surface area contributed by atoms with Crippen molar-refractivity contribution in [2.75, 3.05) is 0 Å². The van der Waals surface area contributed by atoms with Crippen LogP contribution in [0.15, 0.2) is 60.7 Å². The molecule has 2 unspecified atom stereocenters. The van der Waals surface area contributed by atoms with Gasteiger partial charge in [-0.3, -0.25) is 10.5 Å². The van der Waals surface area contributed by atoms with Gasteiger partial charge in [-0.2, -0.15) is 10.4 Å². The van der Waals surface area contributed by atoms with Gasteiger partial charge in [0.2, 0.25) is 11.8 Å². The molecule has 0 amide bonds. The van der Waals surface area contributed by atoms with Gasteiger partial charge < -0.3 is 4.74 Å². The van der Waals surface area contributed by atoms with Crippen LogP contribution in [0.3, 0.4) is 0 Å². The van der Waals surface area contributed by atoms with Crippen molar-refractivity contribution in [3.63, 3.8) is 0 Å². The minimum atomic E-state index is -0.864. The molecule has 2 aromatic carbocycles. The van der Waals surface area contributed by atoms with E-state index in [1.165, 1.54) is 0 Å². The number of aromatic nitrogens is 4. The number of H-pyrrole nitrogens is 1. The van der Waals surface area contributed by atoms with Crippen LogP contribution in [0.1, 0.15) is 22.7 Å². The lowest BCUT2D eigenvalue weighted by Gasteiger charge is -2.28. The van der Waals surface area contributed by atoms with Crippen LogP contribution in [0.2, 0.25) is 5.15 Å². The number of aryl methyl sites for hydroxylation is 1. The smallest absolute Gasteiger partial charge is 0.244 e. The van der Waals surface area contributed by atoms with Gasteiger partial charge in [0, 0.05) is 11.5 Å². The van der Waals surface area contributed by atoms with Crippen molar-refractivity contribution in [3.05, 3.63) is 82.6 Å². The quantitative estimate of drug-likeness (QED) is 0.486. The molecular weight excluding hydrogens is 412 g/mol. The van der Waals surface area contributed by atoms with E-state index in [0.29, 0.717) is 22.0 Å². The summed E-state index contributed by atoms with van der Waals surface area (Å²) in [7, 11) is 0. The molecule has 2 atom stereocenters. The maximum absolute atomic E-state index is 9.95. The van der Waals surface area contributed by atoms with Crippen molar-refractivity contribution in [2.24, 2.45) is 5.92 Å². The predicted molar refractivity (Wildman–Crippen MR) is 117 cm³/mol. The highest BCUT2D eigenvalue weighted by molar-refractivity contribution is 6.30. The molecule has 0 aliphatic carbocycles. The number of halogens is 1. The number of rotatable bonds is 3. The second-order valence-corrected chi connectivity index (χ2v) is 7.63. The molecule has 0 spiro atoms. The fourth-order valence-electron chi connectivity index (χ4n) is 4.06. The molecule has 2 aromatic heterocycles. The highest BCUT2D eigenvalue weighted by Crippen LogP contribution is 2.48. The zero-order valence-corrected chi connectivity index (χ0v) is 17.3. The molecule has 7 nitrogen and oxygen atoms in total. The van der Waals surface area contributed by atoms with Crippen LogP contribution < -0.4 is 4.74 Å². The third kappa shape index (κ3) is 3.00. The molecule has 3 heterocycles. The maximum atomic E-state index is 9.95. The van der Waals surface area contributed by atoms with E-state index in [1.54, 1.807) is 4.68 Å². The summed E-state index contributed by atoms with van der Waals surface area (Å²) in [6.07, 6.45) is 0. The summed E-state index contributed by atoms with van der Waals surface area (Å²) < 4.78 is 7.26. The van der Waals surface area contributed by atoms with E-state index in [4.69, 9.17) is 21.7 Å². The van der Waals surface area contributed by atoms with Gasteiger partial charge in [0.15, 0.2) is 0 Å².